The topological polar surface area (TPSA) is 94.5 Å². The third-order valence-electron chi connectivity index (χ3n) is 2.95. The van der Waals surface area contributed by atoms with Gasteiger partial charge in [0.15, 0.2) is 0 Å². The lowest BCUT2D eigenvalue weighted by molar-refractivity contribution is -0.192. The van der Waals surface area contributed by atoms with Crippen LogP contribution in [0.2, 0.25) is 5.02 Å². The maximum absolute atomic E-state index is 11.9. The largest absolute Gasteiger partial charge is 0.490 e. The number of alkyl halides is 3. The van der Waals surface area contributed by atoms with Crippen molar-refractivity contribution in [2.24, 2.45) is 5.73 Å². The molecule has 0 saturated heterocycles. The number of benzene rings is 1. The number of fused-ring (bicyclic) bond motifs is 1. The van der Waals surface area contributed by atoms with Gasteiger partial charge < -0.3 is 20.1 Å². The predicted molar refractivity (Wildman–Crippen MR) is 85.6 cm³/mol. The van der Waals surface area contributed by atoms with E-state index in [4.69, 9.17) is 32.0 Å². The molecule has 0 aliphatic rings. The number of carbonyl (C=O) groups is 2. The Morgan fingerprint density at radius 2 is 1.92 bits per heavy atom. The van der Waals surface area contributed by atoms with Crippen molar-refractivity contribution >= 4 is 34.4 Å². The average molecular weight is 381 g/mol. The van der Waals surface area contributed by atoms with Gasteiger partial charge in [-0.15, -0.1) is 0 Å². The fraction of sp³-hybridized carbons (Fsp3) is 0.333. The highest BCUT2D eigenvalue weighted by atomic mass is 35.5. The van der Waals surface area contributed by atoms with Crippen molar-refractivity contribution in [2.75, 3.05) is 13.2 Å². The first-order valence-corrected chi connectivity index (χ1v) is 7.45. The molecule has 6 nitrogen and oxygen atoms in total. The molecular formula is C15H16ClF3N2O4. The number of carbonyl (C=O) groups excluding carboxylic acids is 1. The summed E-state index contributed by atoms with van der Waals surface area (Å²) < 4.78 is 38.6. The van der Waals surface area contributed by atoms with Crippen molar-refractivity contribution in [1.29, 1.82) is 0 Å². The highest BCUT2D eigenvalue weighted by Crippen LogP contribution is 2.24. The molecule has 3 N–H and O–H groups in total. The molecule has 25 heavy (non-hydrogen) atoms. The molecule has 0 spiro atoms. The maximum atomic E-state index is 11.9. The zero-order chi connectivity index (χ0) is 19.2. The number of hydrogen-bond donors (Lipinski definition) is 2. The number of carboxylic acid groups (broad SMARTS) is 1. The second-order valence-corrected chi connectivity index (χ2v) is 5.13. The minimum atomic E-state index is -5.08. The summed E-state index contributed by atoms with van der Waals surface area (Å²) in [5.41, 5.74) is 7.00. The van der Waals surface area contributed by atoms with Crippen LogP contribution in [0.25, 0.3) is 10.9 Å². The molecule has 1 aromatic heterocycles. The Morgan fingerprint density at radius 3 is 2.40 bits per heavy atom. The number of carboxylic acids is 1. The summed E-state index contributed by atoms with van der Waals surface area (Å²) in [6, 6.07) is 7.31. The van der Waals surface area contributed by atoms with Gasteiger partial charge in [-0.2, -0.15) is 13.2 Å². The number of halogens is 4. The van der Waals surface area contributed by atoms with E-state index < -0.39 is 12.1 Å². The van der Waals surface area contributed by atoms with Crippen LogP contribution < -0.4 is 5.73 Å². The van der Waals surface area contributed by atoms with Crippen LogP contribution in [0, 0.1) is 0 Å². The van der Waals surface area contributed by atoms with E-state index in [1.54, 1.807) is 19.1 Å². The fourth-order valence-electron chi connectivity index (χ4n) is 1.97. The summed E-state index contributed by atoms with van der Waals surface area (Å²) in [5, 5.41) is 8.71. The Labute approximate surface area is 145 Å². The van der Waals surface area contributed by atoms with Crippen molar-refractivity contribution in [3.8, 4) is 0 Å². The van der Waals surface area contributed by atoms with Gasteiger partial charge in [-0.3, -0.25) is 0 Å². The van der Waals surface area contributed by atoms with Gasteiger partial charge in [-0.1, -0.05) is 17.7 Å². The zero-order valence-corrected chi connectivity index (χ0v) is 13.9. The van der Waals surface area contributed by atoms with E-state index in [1.165, 1.54) is 0 Å². The molecule has 0 aliphatic carbocycles. The van der Waals surface area contributed by atoms with E-state index in [2.05, 4.69) is 0 Å². The van der Waals surface area contributed by atoms with Gasteiger partial charge in [0.05, 0.1) is 12.1 Å². The molecule has 0 atom stereocenters. The summed E-state index contributed by atoms with van der Waals surface area (Å²) in [7, 11) is 0. The van der Waals surface area contributed by atoms with Crippen LogP contribution >= 0.6 is 11.6 Å². The number of nitrogens with two attached hydrogens (primary N) is 1. The average Bonchev–Trinajstić information content (AvgIpc) is 2.86. The van der Waals surface area contributed by atoms with Gasteiger partial charge in [0, 0.05) is 23.5 Å². The summed E-state index contributed by atoms with van der Waals surface area (Å²) in [6.07, 6.45) is -5.08. The standard InChI is InChI=1S/C13H15ClN2O2.C2HF3O2/c1-2-18-13(17)12-7-9-3-4-10(14)8-11(9)16(12)6-5-15;3-2(4,5)1(6)7/h3-4,7-8H,2,5-6,15H2,1H3;(H,6,7). The number of aromatic nitrogens is 1. The van der Waals surface area contributed by atoms with Crippen molar-refractivity contribution in [1.82, 2.24) is 4.57 Å². The minimum Gasteiger partial charge on any atom is -0.475 e. The van der Waals surface area contributed by atoms with Crippen LogP contribution in [0.1, 0.15) is 17.4 Å². The van der Waals surface area contributed by atoms with E-state index in [9.17, 15) is 18.0 Å². The Morgan fingerprint density at radius 1 is 1.32 bits per heavy atom. The van der Waals surface area contributed by atoms with Gasteiger partial charge in [0.1, 0.15) is 5.69 Å². The van der Waals surface area contributed by atoms with Gasteiger partial charge in [0.2, 0.25) is 0 Å². The van der Waals surface area contributed by atoms with E-state index in [0.29, 0.717) is 30.4 Å². The molecule has 0 saturated carbocycles. The molecular weight excluding hydrogens is 365 g/mol. The van der Waals surface area contributed by atoms with E-state index >= 15 is 0 Å². The van der Waals surface area contributed by atoms with Crippen molar-refractivity contribution in [3.63, 3.8) is 0 Å². The Kier molecular flexibility index (Phi) is 7.25. The summed E-state index contributed by atoms with van der Waals surface area (Å²) >= 11 is 5.98. The fourth-order valence-corrected chi connectivity index (χ4v) is 2.14. The van der Waals surface area contributed by atoms with Crippen molar-refractivity contribution < 1.29 is 32.6 Å². The lowest BCUT2D eigenvalue weighted by atomic mass is 10.2. The zero-order valence-electron chi connectivity index (χ0n) is 13.1. The smallest absolute Gasteiger partial charge is 0.475 e. The molecule has 1 aromatic carbocycles. The highest BCUT2D eigenvalue weighted by molar-refractivity contribution is 6.31. The highest BCUT2D eigenvalue weighted by Gasteiger charge is 2.38. The van der Waals surface area contributed by atoms with Gasteiger partial charge in [-0.25, -0.2) is 9.59 Å². The number of esters is 1. The molecule has 0 fully saturated rings. The first-order chi connectivity index (χ1) is 11.6. The molecule has 2 aromatic rings. The molecule has 0 bridgehead atoms. The molecule has 1 heterocycles. The van der Waals surface area contributed by atoms with Crippen molar-refractivity contribution in [2.45, 2.75) is 19.6 Å². The number of aliphatic carboxylic acids is 1. The van der Waals surface area contributed by atoms with Crippen LogP contribution in [0.5, 0.6) is 0 Å². The first-order valence-electron chi connectivity index (χ1n) is 7.07. The normalized spacial score (nSPS) is 11.0. The van der Waals surface area contributed by atoms with E-state index in [-0.39, 0.29) is 5.97 Å². The molecule has 0 aliphatic heterocycles. The van der Waals surface area contributed by atoms with Crippen LogP contribution in [0.15, 0.2) is 24.3 Å². The number of hydrogen-bond acceptors (Lipinski definition) is 4. The summed E-state index contributed by atoms with van der Waals surface area (Å²) in [5.74, 6) is -3.09. The molecule has 138 valence electrons. The van der Waals surface area contributed by atoms with Crippen molar-refractivity contribution in [3.05, 3.63) is 35.0 Å². The number of rotatable bonds is 4. The Balaban J connectivity index is 0.000000381. The van der Waals surface area contributed by atoms with Crippen LogP contribution in [0.4, 0.5) is 13.2 Å². The molecule has 2 rings (SSSR count). The Bertz CT molecular complexity index is 759. The SMILES string of the molecule is CCOC(=O)c1cc2ccc(Cl)cc2n1CCN.O=C(O)C(F)(F)F. The molecule has 0 radical (unpaired) electrons. The summed E-state index contributed by atoms with van der Waals surface area (Å²) in [4.78, 5) is 20.8. The van der Waals surface area contributed by atoms with Gasteiger partial charge in [-0.05, 0) is 25.1 Å². The van der Waals surface area contributed by atoms with E-state index in [0.717, 1.165) is 10.9 Å². The van der Waals surface area contributed by atoms with Gasteiger partial charge in [0.25, 0.3) is 0 Å². The molecule has 0 unspecified atom stereocenters. The number of ether oxygens (including phenoxy) is 1. The third kappa shape index (κ3) is 5.64. The lowest BCUT2D eigenvalue weighted by Crippen LogP contribution is -2.21. The first kappa shape index (κ1) is 20.8. The number of nitrogens with zero attached hydrogens (tertiary/aromatic N) is 1. The van der Waals surface area contributed by atoms with Crippen LogP contribution in [0.3, 0.4) is 0 Å². The van der Waals surface area contributed by atoms with Gasteiger partial charge >= 0.3 is 18.1 Å². The molecule has 10 heteroatoms. The Hall–Kier alpha value is -2.26. The van der Waals surface area contributed by atoms with Crippen LogP contribution in [-0.4, -0.2) is 40.9 Å². The monoisotopic (exact) mass is 380 g/mol. The second-order valence-electron chi connectivity index (χ2n) is 4.70. The predicted octanol–water partition coefficient (Wildman–Crippen LogP) is 3.06. The summed E-state index contributed by atoms with van der Waals surface area (Å²) in [6.45, 7) is 3.13. The lowest BCUT2D eigenvalue weighted by Gasteiger charge is -2.08. The molecule has 0 amide bonds. The second kappa shape index (κ2) is 8.72. The quantitative estimate of drug-likeness (QED) is 0.795. The van der Waals surface area contributed by atoms with E-state index in [1.807, 2.05) is 16.7 Å². The minimum absolute atomic E-state index is 0.335. The maximum Gasteiger partial charge on any atom is 0.490 e. The third-order valence-corrected chi connectivity index (χ3v) is 3.18. The van der Waals surface area contributed by atoms with Crippen LogP contribution in [-0.2, 0) is 16.1 Å².